The molecule has 0 N–H and O–H groups in total. The van der Waals surface area contributed by atoms with E-state index in [4.69, 9.17) is 4.74 Å². The van der Waals surface area contributed by atoms with Gasteiger partial charge in [0.15, 0.2) is 5.00 Å². The second kappa shape index (κ2) is 21.2. The van der Waals surface area contributed by atoms with Crippen molar-refractivity contribution < 1.29 is 9.53 Å². The van der Waals surface area contributed by atoms with Gasteiger partial charge in [-0.05, 0) is 91.1 Å². The van der Waals surface area contributed by atoms with E-state index in [0.29, 0.717) is 45.3 Å². The third-order valence-electron chi connectivity index (χ3n) is 8.84. The van der Waals surface area contributed by atoms with Crippen LogP contribution in [-0.2, 0) is 11.2 Å². The highest BCUT2D eigenvalue weighted by Crippen LogP contribution is 2.38. The summed E-state index contributed by atoms with van der Waals surface area (Å²) in [4.78, 5) is 14.8. The van der Waals surface area contributed by atoms with Gasteiger partial charge in [-0.15, -0.1) is 20.5 Å². The van der Waals surface area contributed by atoms with Gasteiger partial charge in [0, 0.05) is 18.8 Å². The van der Waals surface area contributed by atoms with E-state index in [1.165, 1.54) is 68.4 Å². The number of benzene rings is 2. The van der Waals surface area contributed by atoms with Crippen LogP contribution in [-0.4, -0.2) is 25.7 Å². The van der Waals surface area contributed by atoms with Gasteiger partial charge >= 0.3 is 5.97 Å². The lowest BCUT2D eigenvalue weighted by atomic mass is 9.95. The Morgan fingerprint density at radius 1 is 0.857 bits per heavy atom. The summed E-state index contributed by atoms with van der Waals surface area (Å²) in [5.74, 6) is 1.27. The zero-order valence-electron chi connectivity index (χ0n) is 30.7. The maximum absolute atomic E-state index is 12.2. The van der Waals surface area contributed by atoms with Crippen molar-refractivity contribution in [3.05, 3.63) is 65.2 Å². The molecule has 0 bridgehead atoms. The van der Waals surface area contributed by atoms with E-state index in [1.807, 2.05) is 13.8 Å². The van der Waals surface area contributed by atoms with Gasteiger partial charge in [-0.1, -0.05) is 98.3 Å². The largest absolute Gasteiger partial charge is 0.462 e. The Bertz CT molecular complexity index is 1520. The number of unbranched alkanes of at least 4 members (excludes halogenated alkanes) is 2. The molecular formula is C40H56N6O2S. The highest BCUT2D eigenvalue weighted by Gasteiger charge is 2.19. The van der Waals surface area contributed by atoms with Crippen LogP contribution in [0.1, 0.15) is 121 Å². The summed E-state index contributed by atoms with van der Waals surface area (Å²) in [5.41, 5.74) is 4.67. The van der Waals surface area contributed by atoms with Gasteiger partial charge in [-0.3, -0.25) is 0 Å². The van der Waals surface area contributed by atoms with Crippen molar-refractivity contribution in [1.29, 1.82) is 5.26 Å². The number of carbonyl (C=O) groups is 1. The molecule has 2 aromatic carbocycles. The molecule has 0 amide bonds. The molecule has 2 unspecified atom stereocenters. The molecule has 264 valence electrons. The SMILES string of the molecule is CCCCC(CC)CN(CC(CC)CCCC)c1ccc(N=Nc2sc(N=Nc3ccc(C(=O)OCC(C)C)cc3)cc2C#N)c(CC)c1. The van der Waals surface area contributed by atoms with Crippen LogP contribution in [0, 0.1) is 29.1 Å². The molecule has 0 saturated carbocycles. The fourth-order valence-electron chi connectivity index (χ4n) is 5.66. The number of carbonyl (C=O) groups excluding carboxylic acids is 1. The molecule has 3 rings (SSSR count). The van der Waals surface area contributed by atoms with E-state index in [2.05, 4.69) is 84.2 Å². The Kier molecular flexibility index (Phi) is 17.1. The number of anilines is 1. The normalized spacial score (nSPS) is 12.9. The topological polar surface area (TPSA) is 103 Å². The van der Waals surface area contributed by atoms with E-state index < -0.39 is 0 Å². The minimum Gasteiger partial charge on any atom is -0.462 e. The quantitative estimate of drug-likeness (QED) is 0.0822. The summed E-state index contributed by atoms with van der Waals surface area (Å²) < 4.78 is 5.29. The summed E-state index contributed by atoms with van der Waals surface area (Å²) in [6.07, 6.45) is 10.8. The van der Waals surface area contributed by atoms with Gasteiger partial charge in [-0.2, -0.15) is 5.26 Å². The molecule has 9 heteroatoms. The van der Waals surface area contributed by atoms with Crippen molar-refractivity contribution >= 4 is 44.4 Å². The first-order valence-electron chi connectivity index (χ1n) is 18.3. The molecule has 0 spiro atoms. The maximum atomic E-state index is 12.2. The number of rotatable bonds is 21. The van der Waals surface area contributed by atoms with Crippen molar-refractivity contribution in [3.63, 3.8) is 0 Å². The highest BCUT2D eigenvalue weighted by atomic mass is 32.1. The van der Waals surface area contributed by atoms with E-state index in [-0.39, 0.29) is 11.9 Å². The first-order chi connectivity index (χ1) is 23.7. The number of azo groups is 2. The standard InChI is InChI=1S/C40H56N6O2S/c1-8-13-15-30(10-3)26-46(27-31(11-4)16-14-9-2)36-21-22-37(32(12-5)23-36)43-45-39-34(25-41)24-38(49-39)44-42-35-19-17-33(18-20-35)40(47)48-28-29(6)7/h17-24,29-31H,8-16,26-28H2,1-7H3. The molecule has 0 saturated heterocycles. The lowest BCUT2D eigenvalue weighted by Gasteiger charge is -2.33. The molecule has 49 heavy (non-hydrogen) atoms. The van der Waals surface area contributed by atoms with Gasteiger partial charge in [0.25, 0.3) is 0 Å². The zero-order chi connectivity index (χ0) is 35.6. The minimum absolute atomic E-state index is 0.271. The fraction of sp³-hybridized carbons (Fsp3) is 0.550. The molecular weight excluding hydrogens is 629 g/mol. The van der Waals surface area contributed by atoms with Crippen LogP contribution in [0.25, 0.3) is 0 Å². The smallest absolute Gasteiger partial charge is 0.338 e. The Morgan fingerprint density at radius 3 is 2.06 bits per heavy atom. The van der Waals surface area contributed by atoms with Crippen LogP contribution in [0.4, 0.5) is 27.1 Å². The monoisotopic (exact) mass is 684 g/mol. The molecule has 0 radical (unpaired) electrons. The number of ether oxygens (including phenoxy) is 1. The van der Waals surface area contributed by atoms with E-state index in [0.717, 1.165) is 30.8 Å². The maximum Gasteiger partial charge on any atom is 0.338 e. The number of aryl methyl sites for hydroxylation is 1. The molecule has 3 aromatic rings. The van der Waals surface area contributed by atoms with Gasteiger partial charge < -0.3 is 9.64 Å². The Hall–Kier alpha value is -3.90. The van der Waals surface area contributed by atoms with Crippen molar-refractivity contribution in [1.82, 2.24) is 0 Å². The van der Waals surface area contributed by atoms with Crippen LogP contribution in [0.2, 0.25) is 0 Å². The molecule has 8 nitrogen and oxygen atoms in total. The molecule has 0 fully saturated rings. The van der Waals surface area contributed by atoms with Crippen molar-refractivity contribution in [2.45, 2.75) is 106 Å². The fourth-order valence-corrected chi connectivity index (χ4v) is 6.41. The first-order valence-corrected chi connectivity index (χ1v) is 19.1. The minimum atomic E-state index is -0.359. The van der Waals surface area contributed by atoms with Crippen LogP contribution in [0.15, 0.2) is 69.0 Å². The summed E-state index contributed by atoms with van der Waals surface area (Å²) in [5, 5.41) is 28.6. The molecule has 0 aliphatic heterocycles. The summed E-state index contributed by atoms with van der Waals surface area (Å²) >= 11 is 1.27. The van der Waals surface area contributed by atoms with Gasteiger partial charge in [0.05, 0.1) is 29.1 Å². The average Bonchev–Trinajstić information content (AvgIpc) is 3.53. The summed E-state index contributed by atoms with van der Waals surface area (Å²) in [6, 6.07) is 17.2. The third kappa shape index (κ3) is 12.8. The number of esters is 1. The van der Waals surface area contributed by atoms with Crippen LogP contribution < -0.4 is 4.90 Å². The molecule has 1 heterocycles. The second-order valence-electron chi connectivity index (χ2n) is 13.3. The molecule has 0 aliphatic carbocycles. The van der Waals surface area contributed by atoms with Crippen LogP contribution in [0.3, 0.4) is 0 Å². The third-order valence-corrected chi connectivity index (χ3v) is 9.74. The van der Waals surface area contributed by atoms with Gasteiger partial charge in [0.1, 0.15) is 11.1 Å². The average molecular weight is 685 g/mol. The Labute approximate surface area is 298 Å². The lowest BCUT2D eigenvalue weighted by Crippen LogP contribution is -2.34. The molecule has 2 atom stereocenters. The van der Waals surface area contributed by atoms with Crippen molar-refractivity contribution in [3.8, 4) is 6.07 Å². The number of hydrogen-bond acceptors (Lipinski definition) is 9. The highest BCUT2D eigenvalue weighted by molar-refractivity contribution is 7.19. The number of hydrogen-bond donors (Lipinski definition) is 0. The second-order valence-corrected chi connectivity index (χ2v) is 14.3. The lowest BCUT2D eigenvalue weighted by molar-refractivity contribution is 0.0459. The Balaban J connectivity index is 1.80. The number of thiophene rings is 1. The predicted octanol–water partition coefficient (Wildman–Crippen LogP) is 13.1. The molecule has 0 aliphatic rings. The van der Waals surface area contributed by atoms with E-state index in [1.54, 1.807) is 30.3 Å². The number of nitrogens with zero attached hydrogens (tertiary/aromatic N) is 6. The first kappa shape index (κ1) is 39.5. The van der Waals surface area contributed by atoms with Crippen LogP contribution >= 0.6 is 11.3 Å². The predicted molar refractivity (Wildman–Crippen MR) is 204 cm³/mol. The van der Waals surface area contributed by atoms with E-state index in [9.17, 15) is 10.1 Å². The van der Waals surface area contributed by atoms with Gasteiger partial charge in [-0.25, -0.2) is 4.79 Å². The van der Waals surface area contributed by atoms with Crippen molar-refractivity contribution in [2.24, 2.45) is 38.2 Å². The van der Waals surface area contributed by atoms with Crippen molar-refractivity contribution in [2.75, 3.05) is 24.6 Å². The zero-order valence-corrected chi connectivity index (χ0v) is 31.6. The van der Waals surface area contributed by atoms with Crippen LogP contribution in [0.5, 0.6) is 0 Å². The summed E-state index contributed by atoms with van der Waals surface area (Å²) in [6.45, 7) is 17.9. The van der Waals surface area contributed by atoms with E-state index >= 15 is 0 Å². The Morgan fingerprint density at radius 2 is 1.51 bits per heavy atom. The number of nitriles is 1. The summed E-state index contributed by atoms with van der Waals surface area (Å²) in [7, 11) is 0. The molecule has 1 aromatic heterocycles. The van der Waals surface area contributed by atoms with Gasteiger partial charge in [0.2, 0.25) is 0 Å².